The summed E-state index contributed by atoms with van der Waals surface area (Å²) in [6.45, 7) is 8.25. The second-order valence-electron chi connectivity index (χ2n) is 7.12. The molecule has 1 N–H and O–H groups in total. The predicted octanol–water partition coefficient (Wildman–Crippen LogP) is 2.64. The Hall–Kier alpha value is -0.995. The minimum atomic E-state index is -0.339. The molecule has 3 nitrogen and oxygen atoms in total. The molecule has 3 rings (SSSR count). The van der Waals surface area contributed by atoms with Crippen LogP contribution >= 0.6 is 0 Å². The van der Waals surface area contributed by atoms with Gasteiger partial charge >= 0.3 is 7.12 Å². The van der Waals surface area contributed by atoms with Crippen molar-refractivity contribution in [3.8, 4) is 5.75 Å². The Morgan fingerprint density at radius 3 is 2.30 bits per heavy atom. The number of hydrogen-bond acceptors (Lipinski definition) is 3. The molecule has 1 aliphatic carbocycles. The Bertz CT molecular complexity index is 504. The first-order chi connectivity index (χ1) is 9.28. The van der Waals surface area contributed by atoms with Crippen molar-refractivity contribution < 1.29 is 14.4 Å². The van der Waals surface area contributed by atoms with E-state index in [2.05, 4.69) is 27.7 Å². The van der Waals surface area contributed by atoms with Crippen molar-refractivity contribution in [3.05, 3.63) is 23.8 Å². The van der Waals surface area contributed by atoms with E-state index in [1.165, 1.54) is 12.8 Å². The van der Waals surface area contributed by atoms with E-state index in [0.717, 1.165) is 23.4 Å². The lowest BCUT2D eigenvalue weighted by Gasteiger charge is -2.32. The highest BCUT2D eigenvalue weighted by atomic mass is 16.7. The molecule has 1 aliphatic heterocycles. The lowest BCUT2D eigenvalue weighted by molar-refractivity contribution is 0.00578. The van der Waals surface area contributed by atoms with Gasteiger partial charge in [0.2, 0.25) is 0 Å². The fourth-order valence-corrected chi connectivity index (χ4v) is 2.60. The second kappa shape index (κ2) is 4.50. The zero-order chi connectivity index (χ0) is 14.5. The van der Waals surface area contributed by atoms with Gasteiger partial charge in [0.15, 0.2) is 0 Å². The van der Waals surface area contributed by atoms with Crippen molar-refractivity contribution >= 4 is 12.6 Å². The summed E-state index contributed by atoms with van der Waals surface area (Å²) in [4.78, 5) is 0. The summed E-state index contributed by atoms with van der Waals surface area (Å²) in [6.07, 6.45) is 3.59. The molecule has 0 radical (unpaired) electrons. The Kier molecular flexibility index (Phi) is 3.14. The van der Waals surface area contributed by atoms with E-state index in [9.17, 15) is 5.11 Å². The summed E-state index contributed by atoms with van der Waals surface area (Å²) in [5, 5.41) is 9.74. The molecule has 1 saturated heterocycles. The highest BCUT2D eigenvalue weighted by Gasteiger charge is 2.52. The van der Waals surface area contributed by atoms with E-state index in [-0.39, 0.29) is 18.3 Å². The lowest BCUT2D eigenvalue weighted by atomic mass is 9.75. The molecule has 1 saturated carbocycles. The molecule has 2 fully saturated rings. The van der Waals surface area contributed by atoms with Crippen molar-refractivity contribution in [2.24, 2.45) is 5.92 Å². The number of phenols is 1. The zero-order valence-electron chi connectivity index (χ0n) is 12.8. The molecule has 4 heteroatoms. The van der Waals surface area contributed by atoms with E-state index >= 15 is 0 Å². The van der Waals surface area contributed by atoms with E-state index in [0.29, 0.717) is 5.75 Å². The van der Waals surface area contributed by atoms with Crippen LogP contribution in [0.1, 0.15) is 46.1 Å². The third-order valence-corrected chi connectivity index (χ3v) is 4.84. The minimum absolute atomic E-state index is 0.320. The quantitative estimate of drug-likeness (QED) is 0.861. The van der Waals surface area contributed by atoms with Crippen LogP contribution in [0.5, 0.6) is 5.75 Å². The summed E-state index contributed by atoms with van der Waals surface area (Å²) in [5.74, 6) is 1.08. The number of hydrogen-bond donors (Lipinski definition) is 1. The first-order valence-corrected chi connectivity index (χ1v) is 7.46. The molecule has 20 heavy (non-hydrogen) atoms. The van der Waals surface area contributed by atoms with Crippen molar-refractivity contribution in [2.45, 2.75) is 58.2 Å². The van der Waals surface area contributed by atoms with Gasteiger partial charge in [0.25, 0.3) is 0 Å². The average Bonchev–Trinajstić information content (AvgIpc) is 3.07. The summed E-state index contributed by atoms with van der Waals surface area (Å²) in [7, 11) is -0.339. The fourth-order valence-electron chi connectivity index (χ4n) is 2.60. The largest absolute Gasteiger partial charge is 0.508 e. The molecule has 2 aliphatic rings. The molecular weight excluding hydrogens is 251 g/mol. The predicted molar refractivity (Wildman–Crippen MR) is 80.3 cm³/mol. The van der Waals surface area contributed by atoms with Crippen LogP contribution in [0.3, 0.4) is 0 Å². The minimum Gasteiger partial charge on any atom is -0.508 e. The molecule has 0 amide bonds. The Morgan fingerprint density at radius 2 is 1.75 bits per heavy atom. The van der Waals surface area contributed by atoms with Crippen LogP contribution in [0.4, 0.5) is 0 Å². The third-order valence-electron chi connectivity index (χ3n) is 4.84. The second-order valence-corrected chi connectivity index (χ2v) is 7.12. The zero-order valence-corrected chi connectivity index (χ0v) is 12.8. The van der Waals surface area contributed by atoms with Crippen LogP contribution in [0, 0.1) is 5.92 Å². The van der Waals surface area contributed by atoms with Crippen molar-refractivity contribution in [1.82, 2.24) is 0 Å². The van der Waals surface area contributed by atoms with Gasteiger partial charge in [-0.25, -0.2) is 0 Å². The van der Waals surface area contributed by atoms with E-state index in [1.807, 2.05) is 12.1 Å². The van der Waals surface area contributed by atoms with Gasteiger partial charge in [0.1, 0.15) is 5.75 Å². The van der Waals surface area contributed by atoms with Crippen LogP contribution in [0.25, 0.3) is 0 Å². The maximum atomic E-state index is 9.74. The average molecular weight is 274 g/mol. The van der Waals surface area contributed by atoms with Crippen LogP contribution in [-0.4, -0.2) is 23.4 Å². The molecule has 108 valence electrons. The van der Waals surface area contributed by atoms with Crippen molar-refractivity contribution in [2.75, 3.05) is 0 Å². The summed E-state index contributed by atoms with van der Waals surface area (Å²) < 4.78 is 12.3. The highest BCUT2D eigenvalue weighted by molar-refractivity contribution is 6.62. The monoisotopic (exact) mass is 274 g/mol. The van der Waals surface area contributed by atoms with Gasteiger partial charge in [-0.15, -0.1) is 0 Å². The summed E-state index contributed by atoms with van der Waals surface area (Å²) >= 11 is 0. The number of phenolic OH excluding ortho intramolecular Hbond substituents is 1. The topological polar surface area (TPSA) is 38.7 Å². The van der Waals surface area contributed by atoms with Gasteiger partial charge in [-0.3, -0.25) is 0 Å². The number of rotatable bonds is 3. The number of benzene rings is 1. The van der Waals surface area contributed by atoms with E-state index < -0.39 is 0 Å². The third kappa shape index (κ3) is 2.47. The van der Waals surface area contributed by atoms with Gasteiger partial charge in [-0.05, 0) is 76.0 Å². The molecule has 0 aromatic heterocycles. The van der Waals surface area contributed by atoms with Gasteiger partial charge in [0.05, 0.1) is 11.2 Å². The highest BCUT2D eigenvalue weighted by Crippen LogP contribution is 2.38. The van der Waals surface area contributed by atoms with Gasteiger partial charge in [0, 0.05) is 0 Å². The first-order valence-electron chi connectivity index (χ1n) is 7.46. The normalized spacial score (nSPS) is 24.1. The SMILES string of the molecule is CC1(C)OB(c2ccc(O)cc2CC2CC2)OC1(C)C. The Labute approximate surface area is 121 Å². The Morgan fingerprint density at radius 1 is 1.15 bits per heavy atom. The maximum absolute atomic E-state index is 9.74. The molecular formula is C16H23BO3. The van der Waals surface area contributed by atoms with Crippen molar-refractivity contribution in [1.29, 1.82) is 0 Å². The van der Waals surface area contributed by atoms with Crippen molar-refractivity contribution in [3.63, 3.8) is 0 Å². The molecule has 0 unspecified atom stereocenters. The van der Waals surface area contributed by atoms with E-state index in [4.69, 9.17) is 9.31 Å². The maximum Gasteiger partial charge on any atom is 0.495 e. The molecule has 0 bridgehead atoms. The van der Waals surface area contributed by atoms with Crippen LogP contribution in [-0.2, 0) is 15.7 Å². The lowest BCUT2D eigenvalue weighted by Crippen LogP contribution is -2.41. The smallest absolute Gasteiger partial charge is 0.495 e. The van der Waals surface area contributed by atoms with Crippen LogP contribution in [0.15, 0.2) is 18.2 Å². The fraction of sp³-hybridized carbons (Fsp3) is 0.625. The molecule has 1 heterocycles. The molecule has 1 aromatic rings. The number of aromatic hydroxyl groups is 1. The van der Waals surface area contributed by atoms with Crippen LogP contribution in [0.2, 0.25) is 0 Å². The molecule has 0 atom stereocenters. The van der Waals surface area contributed by atoms with Gasteiger partial charge in [-0.2, -0.15) is 0 Å². The molecule has 0 spiro atoms. The molecule has 1 aromatic carbocycles. The first kappa shape index (κ1) is 14.0. The van der Waals surface area contributed by atoms with E-state index in [1.54, 1.807) is 6.07 Å². The summed E-state index contributed by atoms with van der Waals surface area (Å²) in [5.41, 5.74) is 1.57. The Balaban J connectivity index is 1.90. The van der Waals surface area contributed by atoms with Gasteiger partial charge < -0.3 is 14.4 Å². The standard InChI is InChI=1S/C16H23BO3/c1-15(2)16(3,4)20-17(19-15)14-8-7-13(18)10-12(14)9-11-5-6-11/h7-8,10-11,18H,5-6,9H2,1-4H3. The summed E-state index contributed by atoms with van der Waals surface area (Å²) in [6, 6.07) is 5.52. The van der Waals surface area contributed by atoms with Gasteiger partial charge in [-0.1, -0.05) is 6.07 Å². The van der Waals surface area contributed by atoms with Crippen LogP contribution < -0.4 is 5.46 Å².